The maximum Gasteiger partial charge on any atom is 0.261 e. The number of thiophene rings is 1. The highest BCUT2D eigenvalue weighted by Crippen LogP contribution is 2.29. The van der Waals surface area contributed by atoms with Crippen LogP contribution in [0, 0.1) is 0 Å². The first-order valence-corrected chi connectivity index (χ1v) is 10.3. The van der Waals surface area contributed by atoms with Gasteiger partial charge in [0.05, 0.1) is 16.8 Å². The largest absolute Gasteiger partial charge is 0.347 e. The van der Waals surface area contributed by atoms with Crippen molar-refractivity contribution >= 4 is 43.0 Å². The van der Waals surface area contributed by atoms with E-state index in [4.69, 9.17) is 0 Å². The third-order valence-corrected chi connectivity index (χ3v) is 6.20. The molecule has 1 heterocycles. The number of amides is 1. The summed E-state index contributed by atoms with van der Waals surface area (Å²) in [7, 11) is -1.81. The molecule has 0 aliphatic heterocycles. The van der Waals surface area contributed by atoms with E-state index < -0.39 is 10.0 Å². The lowest BCUT2D eigenvalue weighted by Gasteiger charge is -2.16. The van der Waals surface area contributed by atoms with Gasteiger partial charge in [0.15, 0.2) is 0 Å². The molecule has 0 radical (unpaired) electrons. The zero-order chi connectivity index (χ0) is 18.0. The molecule has 0 aliphatic carbocycles. The van der Waals surface area contributed by atoms with Crippen LogP contribution in [0.2, 0.25) is 0 Å². The molecule has 1 amide bonds. The number of nitrogens with zero attached hydrogens (tertiary/aromatic N) is 1. The summed E-state index contributed by atoms with van der Waals surface area (Å²) in [5, 5.41) is 3.75. The zero-order valence-corrected chi connectivity index (χ0v) is 15.5. The topological polar surface area (TPSA) is 66.5 Å². The van der Waals surface area contributed by atoms with Gasteiger partial charge in [0.1, 0.15) is 0 Å². The van der Waals surface area contributed by atoms with Crippen LogP contribution < -0.4 is 9.62 Å². The molecule has 0 saturated carbocycles. The number of rotatable bonds is 5. The molecule has 25 heavy (non-hydrogen) atoms. The summed E-state index contributed by atoms with van der Waals surface area (Å²) < 4.78 is 25.5. The summed E-state index contributed by atoms with van der Waals surface area (Å²) in [6, 6.07) is 16.9. The van der Waals surface area contributed by atoms with Crippen LogP contribution >= 0.6 is 11.3 Å². The number of fused-ring (bicyclic) bond motifs is 1. The van der Waals surface area contributed by atoms with Gasteiger partial charge in [-0.1, -0.05) is 30.3 Å². The Balaban J connectivity index is 1.80. The number of carbonyl (C=O) groups is 1. The second kappa shape index (κ2) is 6.85. The Hall–Kier alpha value is -2.38. The Labute approximate surface area is 151 Å². The van der Waals surface area contributed by atoms with Gasteiger partial charge in [0.25, 0.3) is 5.91 Å². The predicted octanol–water partition coefficient (Wildman–Crippen LogP) is 3.23. The van der Waals surface area contributed by atoms with Crippen LogP contribution in [0.4, 0.5) is 5.69 Å². The second-order valence-corrected chi connectivity index (χ2v) is 8.83. The number of benzene rings is 2. The Morgan fingerprint density at radius 3 is 2.52 bits per heavy atom. The first kappa shape index (κ1) is 17.4. The van der Waals surface area contributed by atoms with E-state index in [0.29, 0.717) is 17.1 Å². The van der Waals surface area contributed by atoms with Gasteiger partial charge in [-0.05, 0) is 35.2 Å². The molecule has 0 bridgehead atoms. The fraction of sp³-hybridized carbons (Fsp3) is 0.167. The standard InChI is InChI=1S/C18H18N2O3S2/c1-20(25(2,22)23)15-8-9-16-14(10-15)11-17(24-16)18(21)19-12-13-6-4-3-5-7-13/h3-11H,12H2,1-2H3,(H,19,21). The fourth-order valence-corrected chi connectivity index (χ4v) is 3.85. The van der Waals surface area contributed by atoms with Gasteiger partial charge in [0.2, 0.25) is 10.0 Å². The van der Waals surface area contributed by atoms with Crippen molar-refractivity contribution < 1.29 is 13.2 Å². The molecule has 3 rings (SSSR count). The lowest BCUT2D eigenvalue weighted by Crippen LogP contribution is -2.24. The number of nitrogens with one attached hydrogen (secondary N) is 1. The predicted molar refractivity (Wildman–Crippen MR) is 103 cm³/mol. The van der Waals surface area contributed by atoms with Crippen molar-refractivity contribution in [2.75, 3.05) is 17.6 Å². The first-order chi connectivity index (χ1) is 11.8. The molecule has 7 heteroatoms. The highest BCUT2D eigenvalue weighted by molar-refractivity contribution is 7.92. The summed E-state index contributed by atoms with van der Waals surface area (Å²) in [4.78, 5) is 13.0. The summed E-state index contributed by atoms with van der Waals surface area (Å²) >= 11 is 1.39. The SMILES string of the molecule is CN(c1ccc2sc(C(=O)NCc3ccccc3)cc2c1)S(C)(=O)=O. The van der Waals surface area contributed by atoms with Crippen LogP contribution in [0.25, 0.3) is 10.1 Å². The number of anilines is 1. The van der Waals surface area contributed by atoms with E-state index in [9.17, 15) is 13.2 Å². The van der Waals surface area contributed by atoms with E-state index in [1.165, 1.54) is 22.7 Å². The van der Waals surface area contributed by atoms with Crippen molar-refractivity contribution in [1.82, 2.24) is 5.32 Å². The van der Waals surface area contributed by atoms with Crippen LogP contribution in [0.5, 0.6) is 0 Å². The summed E-state index contributed by atoms with van der Waals surface area (Å²) in [6.07, 6.45) is 1.16. The fourth-order valence-electron chi connectivity index (χ4n) is 2.40. The summed E-state index contributed by atoms with van der Waals surface area (Å²) in [5.74, 6) is -0.136. The smallest absolute Gasteiger partial charge is 0.261 e. The van der Waals surface area contributed by atoms with Gasteiger partial charge in [-0.2, -0.15) is 0 Å². The molecule has 0 unspecified atom stereocenters. The molecule has 5 nitrogen and oxygen atoms in total. The van der Waals surface area contributed by atoms with Gasteiger partial charge in [0, 0.05) is 18.3 Å². The van der Waals surface area contributed by atoms with Gasteiger partial charge in [-0.15, -0.1) is 11.3 Å². The van der Waals surface area contributed by atoms with E-state index >= 15 is 0 Å². The van der Waals surface area contributed by atoms with Gasteiger partial charge < -0.3 is 5.32 Å². The molecule has 0 atom stereocenters. The average Bonchev–Trinajstić information content (AvgIpc) is 3.02. The normalized spacial score (nSPS) is 11.4. The number of hydrogen-bond acceptors (Lipinski definition) is 4. The highest BCUT2D eigenvalue weighted by Gasteiger charge is 2.14. The minimum absolute atomic E-state index is 0.136. The quantitative estimate of drug-likeness (QED) is 0.746. The van der Waals surface area contributed by atoms with E-state index in [2.05, 4.69) is 5.32 Å². The maximum absolute atomic E-state index is 12.4. The van der Waals surface area contributed by atoms with E-state index in [1.54, 1.807) is 18.2 Å². The summed E-state index contributed by atoms with van der Waals surface area (Å²) in [5.41, 5.74) is 1.61. The third-order valence-electron chi connectivity index (χ3n) is 3.88. The Morgan fingerprint density at radius 1 is 1.12 bits per heavy atom. The van der Waals surface area contributed by atoms with E-state index in [-0.39, 0.29) is 5.91 Å². The lowest BCUT2D eigenvalue weighted by atomic mass is 10.2. The van der Waals surface area contributed by atoms with Crippen LogP contribution in [-0.4, -0.2) is 27.6 Å². The zero-order valence-electron chi connectivity index (χ0n) is 13.9. The number of sulfonamides is 1. The number of carbonyl (C=O) groups excluding carboxylic acids is 1. The van der Waals surface area contributed by atoms with E-state index in [0.717, 1.165) is 21.9 Å². The second-order valence-electron chi connectivity index (χ2n) is 5.73. The van der Waals surface area contributed by atoms with Crippen molar-refractivity contribution in [3.63, 3.8) is 0 Å². The first-order valence-electron chi connectivity index (χ1n) is 7.64. The van der Waals surface area contributed by atoms with Gasteiger partial charge in [-0.3, -0.25) is 9.10 Å². The Bertz CT molecular complexity index is 1010. The Morgan fingerprint density at radius 2 is 1.84 bits per heavy atom. The summed E-state index contributed by atoms with van der Waals surface area (Å²) in [6.45, 7) is 0.468. The maximum atomic E-state index is 12.4. The minimum atomic E-state index is -3.32. The van der Waals surface area contributed by atoms with Crippen LogP contribution in [0.15, 0.2) is 54.6 Å². The van der Waals surface area contributed by atoms with Crippen molar-refractivity contribution in [1.29, 1.82) is 0 Å². The van der Waals surface area contributed by atoms with Crippen molar-refractivity contribution in [2.45, 2.75) is 6.54 Å². The van der Waals surface area contributed by atoms with Crippen molar-refractivity contribution in [2.24, 2.45) is 0 Å². The molecule has 2 aromatic carbocycles. The van der Waals surface area contributed by atoms with Crippen molar-refractivity contribution in [3.8, 4) is 0 Å². The van der Waals surface area contributed by atoms with Crippen LogP contribution in [0.1, 0.15) is 15.2 Å². The molecule has 1 aromatic heterocycles. The molecule has 0 spiro atoms. The monoisotopic (exact) mass is 374 g/mol. The molecule has 0 aliphatic rings. The molecule has 130 valence electrons. The molecular formula is C18H18N2O3S2. The van der Waals surface area contributed by atoms with Gasteiger partial charge in [-0.25, -0.2) is 8.42 Å². The lowest BCUT2D eigenvalue weighted by molar-refractivity contribution is 0.0955. The third kappa shape index (κ3) is 4.00. The molecule has 3 aromatic rings. The molecule has 0 saturated heterocycles. The van der Waals surface area contributed by atoms with Crippen LogP contribution in [-0.2, 0) is 16.6 Å². The molecule has 1 N–H and O–H groups in total. The minimum Gasteiger partial charge on any atom is -0.347 e. The van der Waals surface area contributed by atoms with E-state index in [1.807, 2.05) is 36.4 Å². The van der Waals surface area contributed by atoms with Gasteiger partial charge >= 0.3 is 0 Å². The average molecular weight is 374 g/mol. The Kier molecular flexibility index (Phi) is 4.78. The van der Waals surface area contributed by atoms with Crippen molar-refractivity contribution in [3.05, 3.63) is 65.0 Å². The highest BCUT2D eigenvalue weighted by atomic mass is 32.2. The van der Waals surface area contributed by atoms with Crippen LogP contribution in [0.3, 0.4) is 0 Å². The molecule has 0 fully saturated rings. The molecular weight excluding hydrogens is 356 g/mol. The number of hydrogen-bond donors (Lipinski definition) is 1.